The van der Waals surface area contributed by atoms with E-state index in [1.54, 1.807) is 18.0 Å². The van der Waals surface area contributed by atoms with Crippen LogP contribution in [0.25, 0.3) is 22.3 Å². The highest BCUT2D eigenvalue weighted by Crippen LogP contribution is 2.25. The zero-order valence-corrected chi connectivity index (χ0v) is 15.5. The fourth-order valence-electron chi connectivity index (χ4n) is 2.99. The Morgan fingerprint density at radius 3 is 2.70 bits per heavy atom. The highest BCUT2D eigenvalue weighted by molar-refractivity contribution is 5.86. The van der Waals surface area contributed by atoms with E-state index in [0.29, 0.717) is 6.54 Å². The SMILES string of the molecule is CCc1nc(NCc2cn[nH]c2-c2ccc(OC)cc2)c2cnn(C)c2n1. The Bertz CT molecular complexity index is 1070. The Balaban J connectivity index is 1.61. The summed E-state index contributed by atoms with van der Waals surface area (Å²) in [5, 5.41) is 15.9. The number of hydrogen-bond acceptors (Lipinski definition) is 6. The minimum absolute atomic E-state index is 0.585. The van der Waals surface area contributed by atoms with E-state index in [1.807, 2.05) is 44.4 Å². The molecule has 0 aliphatic carbocycles. The summed E-state index contributed by atoms with van der Waals surface area (Å²) >= 11 is 0. The first-order valence-corrected chi connectivity index (χ1v) is 8.78. The molecule has 0 amide bonds. The van der Waals surface area contributed by atoms with Crippen molar-refractivity contribution in [2.24, 2.45) is 7.05 Å². The van der Waals surface area contributed by atoms with E-state index in [-0.39, 0.29) is 0 Å². The van der Waals surface area contributed by atoms with Crippen LogP contribution in [0, 0.1) is 0 Å². The van der Waals surface area contributed by atoms with Crippen molar-refractivity contribution in [3.05, 3.63) is 48.0 Å². The van der Waals surface area contributed by atoms with Gasteiger partial charge in [0.25, 0.3) is 0 Å². The van der Waals surface area contributed by atoms with Gasteiger partial charge in [0.05, 0.1) is 30.6 Å². The van der Waals surface area contributed by atoms with Crippen molar-refractivity contribution in [1.29, 1.82) is 0 Å². The molecule has 0 atom stereocenters. The molecule has 0 saturated heterocycles. The van der Waals surface area contributed by atoms with Crippen molar-refractivity contribution in [2.45, 2.75) is 19.9 Å². The van der Waals surface area contributed by atoms with Gasteiger partial charge in [-0.2, -0.15) is 10.2 Å². The third-order valence-corrected chi connectivity index (χ3v) is 4.50. The second-order valence-corrected chi connectivity index (χ2v) is 6.20. The molecule has 27 heavy (non-hydrogen) atoms. The summed E-state index contributed by atoms with van der Waals surface area (Å²) in [6, 6.07) is 7.89. The third-order valence-electron chi connectivity index (χ3n) is 4.50. The number of aromatic nitrogens is 6. The smallest absolute Gasteiger partial charge is 0.163 e. The number of aromatic amines is 1. The Labute approximate surface area is 156 Å². The van der Waals surface area contributed by atoms with Crippen molar-refractivity contribution in [1.82, 2.24) is 29.9 Å². The molecule has 4 rings (SSSR count). The first-order valence-electron chi connectivity index (χ1n) is 8.78. The van der Waals surface area contributed by atoms with E-state index in [1.165, 1.54) is 0 Å². The van der Waals surface area contributed by atoms with E-state index in [0.717, 1.165) is 51.7 Å². The second-order valence-electron chi connectivity index (χ2n) is 6.20. The maximum atomic E-state index is 5.23. The molecule has 8 nitrogen and oxygen atoms in total. The maximum Gasteiger partial charge on any atom is 0.163 e. The van der Waals surface area contributed by atoms with Crippen LogP contribution in [0.3, 0.4) is 0 Å². The predicted octanol–water partition coefficient (Wildman–Crippen LogP) is 2.94. The molecular weight excluding hydrogens is 342 g/mol. The van der Waals surface area contributed by atoms with Crippen molar-refractivity contribution >= 4 is 16.9 Å². The summed E-state index contributed by atoms with van der Waals surface area (Å²) < 4.78 is 6.99. The predicted molar refractivity (Wildman–Crippen MR) is 104 cm³/mol. The zero-order chi connectivity index (χ0) is 18.8. The van der Waals surface area contributed by atoms with Crippen molar-refractivity contribution in [3.8, 4) is 17.0 Å². The van der Waals surface area contributed by atoms with Gasteiger partial charge in [0.2, 0.25) is 0 Å². The number of fused-ring (bicyclic) bond motifs is 1. The van der Waals surface area contributed by atoms with Crippen LogP contribution in [0.5, 0.6) is 5.75 Å². The summed E-state index contributed by atoms with van der Waals surface area (Å²) in [6.45, 7) is 2.63. The van der Waals surface area contributed by atoms with Gasteiger partial charge in [-0.05, 0) is 24.3 Å². The van der Waals surface area contributed by atoms with Gasteiger partial charge in [-0.25, -0.2) is 9.97 Å². The van der Waals surface area contributed by atoms with E-state index in [2.05, 4.69) is 30.6 Å². The minimum Gasteiger partial charge on any atom is -0.497 e. The molecule has 1 aromatic carbocycles. The van der Waals surface area contributed by atoms with Gasteiger partial charge in [0.15, 0.2) is 5.65 Å². The van der Waals surface area contributed by atoms with Crippen LogP contribution in [0.2, 0.25) is 0 Å². The zero-order valence-electron chi connectivity index (χ0n) is 15.5. The number of benzene rings is 1. The van der Waals surface area contributed by atoms with Gasteiger partial charge in [-0.15, -0.1) is 0 Å². The summed E-state index contributed by atoms with van der Waals surface area (Å²) in [5.74, 6) is 2.40. The number of ether oxygens (including phenoxy) is 1. The molecule has 0 fully saturated rings. The molecule has 0 radical (unpaired) electrons. The first-order chi connectivity index (χ1) is 13.2. The van der Waals surface area contributed by atoms with E-state index in [9.17, 15) is 0 Å². The third kappa shape index (κ3) is 3.21. The monoisotopic (exact) mass is 363 g/mol. The molecule has 0 aliphatic heterocycles. The van der Waals surface area contributed by atoms with Crippen LogP contribution in [-0.2, 0) is 20.0 Å². The Hall–Kier alpha value is -3.42. The molecule has 8 heteroatoms. The number of nitrogens with one attached hydrogen (secondary N) is 2. The number of anilines is 1. The molecular formula is C19H21N7O. The molecule has 0 aliphatic rings. The molecule has 0 saturated carbocycles. The Morgan fingerprint density at radius 2 is 1.96 bits per heavy atom. The Morgan fingerprint density at radius 1 is 1.15 bits per heavy atom. The Kier molecular flexibility index (Phi) is 4.45. The summed E-state index contributed by atoms with van der Waals surface area (Å²) in [6.07, 6.45) is 4.38. The van der Waals surface area contributed by atoms with Gasteiger partial charge in [-0.3, -0.25) is 9.78 Å². The maximum absolute atomic E-state index is 5.23. The highest BCUT2D eigenvalue weighted by atomic mass is 16.5. The lowest BCUT2D eigenvalue weighted by Gasteiger charge is -2.09. The van der Waals surface area contributed by atoms with E-state index in [4.69, 9.17) is 4.74 Å². The fraction of sp³-hybridized carbons (Fsp3) is 0.263. The van der Waals surface area contributed by atoms with Gasteiger partial charge < -0.3 is 10.1 Å². The average Bonchev–Trinajstić information content (AvgIpc) is 3.33. The van der Waals surface area contributed by atoms with Gasteiger partial charge in [0, 0.05) is 31.1 Å². The standard InChI is InChI=1S/C19H21N7O/c1-4-16-23-18(15-11-22-26(2)19(15)24-16)20-9-13-10-21-25-17(13)12-5-7-14(27-3)8-6-12/h5-8,10-11H,4,9H2,1-3H3,(H,21,25)(H,20,23,24). The molecule has 138 valence electrons. The summed E-state index contributed by atoms with van der Waals surface area (Å²) in [7, 11) is 3.54. The quantitative estimate of drug-likeness (QED) is 0.547. The van der Waals surface area contributed by atoms with Crippen LogP contribution in [0.1, 0.15) is 18.3 Å². The molecule has 0 bridgehead atoms. The lowest BCUT2D eigenvalue weighted by molar-refractivity contribution is 0.415. The normalized spacial score (nSPS) is 11.1. The average molecular weight is 363 g/mol. The largest absolute Gasteiger partial charge is 0.497 e. The second kappa shape index (κ2) is 7.06. The lowest BCUT2D eigenvalue weighted by Crippen LogP contribution is -2.06. The molecule has 0 spiro atoms. The van der Waals surface area contributed by atoms with Gasteiger partial charge in [0.1, 0.15) is 17.4 Å². The van der Waals surface area contributed by atoms with Crippen LogP contribution >= 0.6 is 0 Å². The molecule has 0 unspecified atom stereocenters. The molecule has 3 heterocycles. The number of methoxy groups -OCH3 is 1. The number of rotatable bonds is 6. The van der Waals surface area contributed by atoms with Crippen molar-refractivity contribution in [3.63, 3.8) is 0 Å². The minimum atomic E-state index is 0.585. The van der Waals surface area contributed by atoms with Crippen molar-refractivity contribution in [2.75, 3.05) is 12.4 Å². The van der Waals surface area contributed by atoms with E-state index >= 15 is 0 Å². The van der Waals surface area contributed by atoms with Crippen LogP contribution in [0.15, 0.2) is 36.7 Å². The number of nitrogens with zero attached hydrogens (tertiary/aromatic N) is 5. The summed E-state index contributed by atoms with van der Waals surface area (Å²) in [5.41, 5.74) is 3.90. The molecule has 3 aromatic heterocycles. The number of H-pyrrole nitrogens is 1. The van der Waals surface area contributed by atoms with Crippen LogP contribution in [0.4, 0.5) is 5.82 Å². The number of aryl methyl sites for hydroxylation is 2. The lowest BCUT2D eigenvalue weighted by atomic mass is 10.1. The van der Waals surface area contributed by atoms with E-state index < -0.39 is 0 Å². The van der Waals surface area contributed by atoms with Crippen LogP contribution < -0.4 is 10.1 Å². The topological polar surface area (TPSA) is 93.5 Å². The molecule has 2 N–H and O–H groups in total. The van der Waals surface area contributed by atoms with Gasteiger partial charge in [-0.1, -0.05) is 6.92 Å². The first kappa shape index (κ1) is 17.0. The molecule has 4 aromatic rings. The number of hydrogen-bond donors (Lipinski definition) is 2. The summed E-state index contributed by atoms with van der Waals surface area (Å²) in [4.78, 5) is 9.19. The van der Waals surface area contributed by atoms with Gasteiger partial charge >= 0.3 is 0 Å². The highest BCUT2D eigenvalue weighted by Gasteiger charge is 2.13. The van der Waals surface area contributed by atoms with Crippen molar-refractivity contribution < 1.29 is 4.74 Å². The fourth-order valence-corrected chi connectivity index (χ4v) is 2.99. The van der Waals surface area contributed by atoms with Crippen LogP contribution in [-0.4, -0.2) is 37.1 Å².